The van der Waals surface area contributed by atoms with Gasteiger partial charge in [0.05, 0.1) is 29.8 Å². The van der Waals surface area contributed by atoms with Crippen molar-refractivity contribution in [2.24, 2.45) is 5.73 Å². The first kappa shape index (κ1) is 11.8. The third-order valence-corrected chi connectivity index (χ3v) is 2.65. The highest BCUT2D eigenvalue weighted by Crippen LogP contribution is 2.17. The number of aromatic nitrogens is 3. The summed E-state index contributed by atoms with van der Waals surface area (Å²) in [5, 5.41) is 0. The summed E-state index contributed by atoms with van der Waals surface area (Å²) in [4.78, 5) is 8.64. The van der Waals surface area contributed by atoms with E-state index in [0.29, 0.717) is 6.54 Å². The van der Waals surface area contributed by atoms with Gasteiger partial charge in [-0.25, -0.2) is 4.98 Å². The molecule has 4 heteroatoms. The molecular formula is C13H18N4. The molecule has 0 unspecified atom stereocenters. The Morgan fingerprint density at radius 2 is 2.12 bits per heavy atom. The van der Waals surface area contributed by atoms with Gasteiger partial charge in [-0.2, -0.15) is 0 Å². The fourth-order valence-electron chi connectivity index (χ4n) is 1.85. The van der Waals surface area contributed by atoms with Gasteiger partial charge < -0.3 is 10.3 Å². The van der Waals surface area contributed by atoms with E-state index in [0.717, 1.165) is 17.1 Å². The summed E-state index contributed by atoms with van der Waals surface area (Å²) in [7, 11) is 0. The Morgan fingerprint density at radius 3 is 2.76 bits per heavy atom. The lowest BCUT2D eigenvalue weighted by Crippen LogP contribution is -2.31. The maximum absolute atomic E-state index is 6.10. The zero-order valence-electron chi connectivity index (χ0n) is 10.5. The minimum absolute atomic E-state index is 0.389. The van der Waals surface area contributed by atoms with E-state index in [1.165, 1.54) is 0 Å². The Kier molecular flexibility index (Phi) is 2.98. The van der Waals surface area contributed by atoms with Gasteiger partial charge in [-0.15, -0.1) is 0 Å². The first-order valence-corrected chi connectivity index (χ1v) is 5.69. The highest BCUT2D eigenvalue weighted by molar-refractivity contribution is 5.14. The first-order valence-electron chi connectivity index (χ1n) is 5.69. The van der Waals surface area contributed by atoms with Crippen LogP contribution in [0.4, 0.5) is 0 Å². The maximum Gasteiger partial charge on any atom is 0.0952 e. The average Bonchev–Trinajstić information content (AvgIpc) is 2.65. The van der Waals surface area contributed by atoms with Gasteiger partial charge in [-0.05, 0) is 32.9 Å². The smallest absolute Gasteiger partial charge is 0.0952 e. The zero-order valence-corrected chi connectivity index (χ0v) is 10.5. The molecule has 0 atom stereocenters. The Bertz CT molecular complexity index is 508. The average molecular weight is 230 g/mol. The number of rotatable bonds is 3. The summed E-state index contributed by atoms with van der Waals surface area (Å²) >= 11 is 0. The number of aryl methyl sites for hydroxylation is 1. The van der Waals surface area contributed by atoms with E-state index in [2.05, 4.69) is 9.97 Å². The summed E-state index contributed by atoms with van der Waals surface area (Å²) in [5.74, 6) is 0. The highest BCUT2D eigenvalue weighted by atomic mass is 15.1. The molecule has 0 aliphatic heterocycles. The van der Waals surface area contributed by atoms with E-state index in [1.54, 1.807) is 6.33 Å². The van der Waals surface area contributed by atoms with Crippen molar-refractivity contribution in [1.29, 1.82) is 0 Å². The molecule has 90 valence electrons. The van der Waals surface area contributed by atoms with Gasteiger partial charge in [0.1, 0.15) is 0 Å². The van der Waals surface area contributed by atoms with E-state index >= 15 is 0 Å². The fourth-order valence-corrected chi connectivity index (χ4v) is 1.85. The van der Waals surface area contributed by atoms with Crippen LogP contribution in [0.3, 0.4) is 0 Å². The number of nitrogens with two attached hydrogens (primary N) is 1. The van der Waals surface area contributed by atoms with Crippen LogP contribution >= 0.6 is 0 Å². The number of pyridine rings is 1. The van der Waals surface area contributed by atoms with Gasteiger partial charge >= 0.3 is 0 Å². The van der Waals surface area contributed by atoms with Crippen molar-refractivity contribution in [1.82, 2.24) is 14.5 Å². The van der Waals surface area contributed by atoms with Crippen LogP contribution in [0.25, 0.3) is 0 Å². The van der Waals surface area contributed by atoms with Crippen LogP contribution in [0.15, 0.2) is 30.7 Å². The third-order valence-electron chi connectivity index (χ3n) is 2.65. The minimum atomic E-state index is -0.389. The quantitative estimate of drug-likeness (QED) is 0.875. The Labute approximate surface area is 102 Å². The van der Waals surface area contributed by atoms with Gasteiger partial charge in [0.15, 0.2) is 0 Å². The molecule has 2 aromatic rings. The molecule has 2 N–H and O–H groups in total. The fraction of sp³-hybridized carbons (Fsp3) is 0.385. The van der Waals surface area contributed by atoms with Gasteiger partial charge in [0, 0.05) is 11.9 Å². The lowest BCUT2D eigenvalue weighted by Gasteiger charge is -2.20. The molecule has 0 radical (unpaired) electrons. The van der Waals surface area contributed by atoms with E-state index in [9.17, 15) is 0 Å². The first-order chi connectivity index (χ1) is 7.97. The molecule has 0 aliphatic rings. The van der Waals surface area contributed by atoms with E-state index in [4.69, 9.17) is 5.73 Å². The van der Waals surface area contributed by atoms with Gasteiger partial charge in [-0.3, -0.25) is 4.98 Å². The third kappa shape index (κ3) is 2.71. The summed E-state index contributed by atoms with van der Waals surface area (Å²) < 4.78 is 2.04. The van der Waals surface area contributed by atoms with Crippen molar-refractivity contribution >= 4 is 0 Å². The predicted molar refractivity (Wildman–Crippen MR) is 67.5 cm³/mol. The molecular weight excluding hydrogens is 212 g/mol. The molecule has 2 rings (SSSR count). The minimum Gasteiger partial charge on any atom is -0.327 e. The molecule has 17 heavy (non-hydrogen) atoms. The number of hydrogen-bond donors (Lipinski definition) is 1. The van der Waals surface area contributed by atoms with Gasteiger partial charge in [0.25, 0.3) is 0 Å². The molecule has 0 fully saturated rings. The monoisotopic (exact) mass is 230 g/mol. The van der Waals surface area contributed by atoms with Crippen molar-refractivity contribution in [3.8, 4) is 0 Å². The van der Waals surface area contributed by atoms with E-state index < -0.39 is 0 Å². The van der Waals surface area contributed by atoms with Crippen molar-refractivity contribution in [3.63, 3.8) is 0 Å². The van der Waals surface area contributed by atoms with E-state index in [1.807, 2.05) is 49.7 Å². The zero-order chi connectivity index (χ0) is 12.5. The molecule has 0 bridgehead atoms. The van der Waals surface area contributed by atoms with Crippen LogP contribution in [0.2, 0.25) is 0 Å². The standard InChI is InChI=1S/C13H18N4/c1-10-5-4-6-11(16-10)8-17-9-15-7-12(17)13(2,3)14/h4-7,9H,8,14H2,1-3H3. The summed E-state index contributed by atoms with van der Waals surface area (Å²) in [5.41, 5.74) is 8.78. The summed E-state index contributed by atoms with van der Waals surface area (Å²) in [6, 6.07) is 6.02. The van der Waals surface area contributed by atoms with Crippen LogP contribution < -0.4 is 5.73 Å². The molecule has 4 nitrogen and oxygen atoms in total. The molecule has 0 amide bonds. The molecule has 2 aromatic heterocycles. The van der Waals surface area contributed by atoms with Gasteiger partial charge in [-0.1, -0.05) is 6.07 Å². The number of imidazole rings is 1. The molecule has 0 aliphatic carbocycles. The van der Waals surface area contributed by atoms with Crippen LogP contribution in [0.5, 0.6) is 0 Å². The topological polar surface area (TPSA) is 56.7 Å². The van der Waals surface area contributed by atoms with Crippen LogP contribution in [0.1, 0.15) is 30.9 Å². The van der Waals surface area contributed by atoms with Crippen molar-refractivity contribution in [3.05, 3.63) is 47.8 Å². The van der Waals surface area contributed by atoms with Crippen molar-refractivity contribution in [2.45, 2.75) is 32.9 Å². The Morgan fingerprint density at radius 1 is 1.35 bits per heavy atom. The highest BCUT2D eigenvalue weighted by Gasteiger charge is 2.19. The Hall–Kier alpha value is -1.68. The molecule has 0 saturated heterocycles. The molecule has 0 aromatic carbocycles. The molecule has 0 saturated carbocycles. The lowest BCUT2D eigenvalue weighted by molar-refractivity contribution is 0.502. The maximum atomic E-state index is 6.10. The number of hydrogen-bond acceptors (Lipinski definition) is 3. The van der Waals surface area contributed by atoms with Crippen molar-refractivity contribution in [2.75, 3.05) is 0 Å². The second-order valence-electron chi connectivity index (χ2n) is 4.90. The molecule has 2 heterocycles. The SMILES string of the molecule is Cc1cccc(Cn2cncc2C(C)(C)N)n1. The normalized spacial score (nSPS) is 11.8. The van der Waals surface area contributed by atoms with Crippen LogP contribution in [-0.4, -0.2) is 14.5 Å². The Balaban J connectivity index is 2.28. The van der Waals surface area contributed by atoms with Crippen LogP contribution in [-0.2, 0) is 12.1 Å². The predicted octanol–water partition coefficient (Wildman–Crippen LogP) is 1.83. The lowest BCUT2D eigenvalue weighted by atomic mass is 10.0. The second-order valence-corrected chi connectivity index (χ2v) is 4.90. The van der Waals surface area contributed by atoms with E-state index in [-0.39, 0.29) is 5.54 Å². The van der Waals surface area contributed by atoms with Crippen molar-refractivity contribution < 1.29 is 0 Å². The number of nitrogens with zero attached hydrogens (tertiary/aromatic N) is 3. The van der Waals surface area contributed by atoms with Crippen LogP contribution in [0, 0.1) is 6.92 Å². The second kappa shape index (κ2) is 4.30. The molecule has 0 spiro atoms. The largest absolute Gasteiger partial charge is 0.327 e. The summed E-state index contributed by atoms with van der Waals surface area (Å²) in [6.45, 7) is 6.65. The summed E-state index contributed by atoms with van der Waals surface area (Å²) in [6.07, 6.45) is 3.61. The van der Waals surface area contributed by atoms with Gasteiger partial charge in [0.2, 0.25) is 0 Å².